The van der Waals surface area contributed by atoms with E-state index in [2.05, 4.69) is 33.2 Å². The van der Waals surface area contributed by atoms with Gasteiger partial charge in [0.15, 0.2) is 5.13 Å². The molecule has 90 valence electrons. The quantitative estimate of drug-likeness (QED) is 0.920. The Bertz CT molecular complexity index is 547. The summed E-state index contributed by atoms with van der Waals surface area (Å²) in [6.45, 7) is 4.03. The van der Waals surface area contributed by atoms with E-state index in [1.807, 2.05) is 13.0 Å². The van der Waals surface area contributed by atoms with Gasteiger partial charge in [0, 0.05) is 20.4 Å². The molecule has 1 N–H and O–H groups in total. The number of carbonyl (C=O) groups is 1. The fraction of sp³-hybridized carbons (Fsp3) is 0.273. The summed E-state index contributed by atoms with van der Waals surface area (Å²) in [6, 6.07) is 1.86. The Kier molecular flexibility index (Phi) is 3.96. The molecule has 2 aromatic heterocycles. The minimum Gasteiger partial charge on any atom is -0.297 e. The van der Waals surface area contributed by atoms with Crippen LogP contribution in [0, 0.1) is 6.92 Å². The number of nitrogens with zero attached hydrogens (tertiary/aromatic N) is 1. The Hall–Kier alpha value is -0.720. The van der Waals surface area contributed by atoms with Gasteiger partial charge in [0.05, 0.1) is 4.88 Å². The lowest BCUT2D eigenvalue weighted by atomic mass is 10.3. The summed E-state index contributed by atoms with van der Waals surface area (Å²) in [4.78, 5) is 19.0. The molecule has 3 nitrogen and oxygen atoms in total. The number of aromatic nitrogens is 1. The molecule has 0 bridgehead atoms. The first-order chi connectivity index (χ1) is 8.10. The maximum Gasteiger partial charge on any atom is 0.267 e. The Morgan fingerprint density at radius 1 is 1.53 bits per heavy atom. The van der Waals surface area contributed by atoms with Crippen molar-refractivity contribution in [3.05, 3.63) is 31.4 Å². The molecule has 6 heteroatoms. The van der Waals surface area contributed by atoms with Crippen molar-refractivity contribution in [2.75, 3.05) is 5.32 Å². The summed E-state index contributed by atoms with van der Waals surface area (Å²) in [5.41, 5.74) is 0. The van der Waals surface area contributed by atoms with Gasteiger partial charge >= 0.3 is 0 Å². The zero-order valence-electron chi connectivity index (χ0n) is 9.41. The number of aryl methyl sites for hydroxylation is 2. The van der Waals surface area contributed by atoms with Gasteiger partial charge in [-0.15, -0.1) is 22.7 Å². The van der Waals surface area contributed by atoms with E-state index in [1.54, 1.807) is 6.20 Å². The molecule has 0 atom stereocenters. The maximum atomic E-state index is 11.9. The van der Waals surface area contributed by atoms with E-state index >= 15 is 0 Å². The van der Waals surface area contributed by atoms with E-state index in [0.717, 1.165) is 15.8 Å². The van der Waals surface area contributed by atoms with E-state index in [9.17, 15) is 4.79 Å². The molecule has 0 aliphatic carbocycles. The van der Waals surface area contributed by atoms with Crippen LogP contribution in [0.4, 0.5) is 5.13 Å². The van der Waals surface area contributed by atoms with Gasteiger partial charge in [0.25, 0.3) is 5.91 Å². The van der Waals surface area contributed by atoms with Gasteiger partial charge in [-0.2, -0.15) is 0 Å². The highest BCUT2D eigenvalue weighted by molar-refractivity contribution is 9.10. The van der Waals surface area contributed by atoms with Crippen LogP contribution in [0.3, 0.4) is 0 Å². The SMILES string of the molecule is CCc1sc(C(=O)Nc2ncc(C)s2)cc1Br. The van der Waals surface area contributed by atoms with Gasteiger partial charge in [-0.1, -0.05) is 6.92 Å². The smallest absolute Gasteiger partial charge is 0.267 e. The first kappa shape index (κ1) is 12.7. The van der Waals surface area contributed by atoms with Gasteiger partial charge in [0.1, 0.15) is 0 Å². The average Bonchev–Trinajstić information content (AvgIpc) is 2.85. The van der Waals surface area contributed by atoms with Crippen molar-refractivity contribution in [2.45, 2.75) is 20.3 Å². The molecular weight excluding hydrogens is 320 g/mol. The van der Waals surface area contributed by atoms with Crippen LogP contribution in [0.15, 0.2) is 16.7 Å². The zero-order valence-corrected chi connectivity index (χ0v) is 12.6. The van der Waals surface area contributed by atoms with Crippen molar-refractivity contribution in [3.8, 4) is 0 Å². The first-order valence-corrected chi connectivity index (χ1v) is 7.54. The van der Waals surface area contributed by atoms with Gasteiger partial charge in [-0.05, 0) is 35.3 Å². The molecule has 0 aromatic carbocycles. The predicted molar refractivity (Wildman–Crippen MR) is 76.2 cm³/mol. The van der Waals surface area contributed by atoms with Crippen molar-refractivity contribution < 1.29 is 4.79 Å². The molecule has 0 aliphatic rings. The Balaban J connectivity index is 2.14. The van der Waals surface area contributed by atoms with Crippen molar-refractivity contribution in [1.82, 2.24) is 4.98 Å². The van der Waals surface area contributed by atoms with Crippen molar-refractivity contribution >= 4 is 49.6 Å². The first-order valence-electron chi connectivity index (χ1n) is 5.12. The third-order valence-electron chi connectivity index (χ3n) is 2.14. The standard InChI is InChI=1S/C11H11BrN2OS2/c1-3-8-7(12)4-9(17-8)10(15)14-11-13-5-6(2)16-11/h4-5H,3H2,1-2H3,(H,13,14,15). The fourth-order valence-electron chi connectivity index (χ4n) is 1.33. The van der Waals surface area contributed by atoms with Crippen LogP contribution >= 0.6 is 38.6 Å². The van der Waals surface area contributed by atoms with E-state index in [4.69, 9.17) is 0 Å². The highest BCUT2D eigenvalue weighted by Crippen LogP contribution is 2.28. The van der Waals surface area contributed by atoms with E-state index in [1.165, 1.54) is 27.6 Å². The molecule has 2 rings (SSSR count). The van der Waals surface area contributed by atoms with Gasteiger partial charge in [-0.3, -0.25) is 10.1 Å². The number of amides is 1. The van der Waals surface area contributed by atoms with Crippen molar-refractivity contribution in [2.24, 2.45) is 0 Å². The molecule has 17 heavy (non-hydrogen) atoms. The summed E-state index contributed by atoms with van der Waals surface area (Å²) in [5.74, 6) is -0.0928. The minimum absolute atomic E-state index is 0.0928. The average molecular weight is 331 g/mol. The molecule has 2 heterocycles. The molecular formula is C11H11BrN2OS2. The Morgan fingerprint density at radius 3 is 2.82 bits per heavy atom. The number of rotatable bonds is 3. The van der Waals surface area contributed by atoms with E-state index in [0.29, 0.717) is 10.0 Å². The van der Waals surface area contributed by atoms with Crippen LogP contribution in [0.5, 0.6) is 0 Å². The number of hydrogen-bond acceptors (Lipinski definition) is 4. The summed E-state index contributed by atoms with van der Waals surface area (Å²) in [6.07, 6.45) is 2.68. The third-order valence-corrected chi connectivity index (χ3v) is 5.22. The summed E-state index contributed by atoms with van der Waals surface area (Å²) < 4.78 is 1.01. The normalized spacial score (nSPS) is 10.5. The Labute approximate surface area is 116 Å². The molecule has 1 amide bonds. The van der Waals surface area contributed by atoms with E-state index in [-0.39, 0.29) is 5.91 Å². The number of carbonyl (C=O) groups excluding carboxylic acids is 1. The monoisotopic (exact) mass is 330 g/mol. The van der Waals surface area contributed by atoms with Crippen molar-refractivity contribution in [1.29, 1.82) is 0 Å². The number of anilines is 1. The second kappa shape index (κ2) is 5.29. The van der Waals surface area contributed by atoms with Gasteiger partial charge in [0.2, 0.25) is 0 Å². The van der Waals surface area contributed by atoms with Gasteiger partial charge < -0.3 is 0 Å². The topological polar surface area (TPSA) is 42.0 Å². The zero-order chi connectivity index (χ0) is 12.4. The van der Waals surface area contributed by atoms with Crippen LogP contribution in [0.25, 0.3) is 0 Å². The lowest BCUT2D eigenvalue weighted by Gasteiger charge is -1.97. The summed E-state index contributed by atoms with van der Waals surface area (Å²) in [7, 11) is 0. The lowest BCUT2D eigenvalue weighted by Crippen LogP contribution is -2.09. The van der Waals surface area contributed by atoms with Crippen LogP contribution in [0.2, 0.25) is 0 Å². The molecule has 2 aromatic rings. The predicted octanol–water partition coefficient (Wildman–Crippen LogP) is 4.09. The number of thiophene rings is 1. The molecule has 0 saturated carbocycles. The Morgan fingerprint density at radius 2 is 2.29 bits per heavy atom. The number of hydrogen-bond donors (Lipinski definition) is 1. The van der Waals surface area contributed by atoms with Crippen LogP contribution < -0.4 is 5.32 Å². The fourth-order valence-corrected chi connectivity index (χ4v) is 3.78. The second-order valence-electron chi connectivity index (χ2n) is 3.47. The maximum absolute atomic E-state index is 11.9. The highest BCUT2D eigenvalue weighted by atomic mass is 79.9. The van der Waals surface area contributed by atoms with Crippen LogP contribution in [-0.4, -0.2) is 10.9 Å². The molecule has 0 unspecified atom stereocenters. The van der Waals surface area contributed by atoms with Crippen LogP contribution in [0.1, 0.15) is 26.3 Å². The molecule has 0 aliphatic heterocycles. The second-order valence-corrected chi connectivity index (χ2v) is 6.69. The van der Waals surface area contributed by atoms with Crippen molar-refractivity contribution in [3.63, 3.8) is 0 Å². The number of halogens is 1. The van der Waals surface area contributed by atoms with E-state index < -0.39 is 0 Å². The number of thiazole rings is 1. The molecule has 0 fully saturated rings. The highest BCUT2D eigenvalue weighted by Gasteiger charge is 2.13. The summed E-state index contributed by atoms with van der Waals surface area (Å²) >= 11 is 6.44. The minimum atomic E-state index is -0.0928. The molecule has 0 spiro atoms. The summed E-state index contributed by atoms with van der Waals surface area (Å²) in [5, 5.41) is 3.45. The number of nitrogens with one attached hydrogen (secondary N) is 1. The van der Waals surface area contributed by atoms with Gasteiger partial charge in [-0.25, -0.2) is 4.98 Å². The third kappa shape index (κ3) is 2.94. The molecule has 0 saturated heterocycles. The lowest BCUT2D eigenvalue weighted by molar-refractivity contribution is 0.103. The largest absolute Gasteiger partial charge is 0.297 e. The molecule has 0 radical (unpaired) electrons. The van der Waals surface area contributed by atoms with Crippen LogP contribution in [-0.2, 0) is 6.42 Å².